The molecule has 4 amide bonds. The SMILES string of the molecule is CNCC(=O)N1CCN2C(=O)N([C@H](C)c3ccccc3)C(=O)[C@H]2C1. The highest BCUT2D eigenvalue weighted by Gasteiger charge is 2.49. The highest BCUT2D eigenvalue weighted by Crippen LogP contribution is 2.30. The van der Waals surface area contributed by atoms with E-state index >= 15 is 0 Å². The van der Waals surface area contributed by atoms with Gasteiger partial charge in [0, 0.05) is 13.1 Å². The van der Waals surface area contributed by atoms with E-state index < -0.39 is 6.04 Å². The number of rotatable bonds is 4. The monoisotopic (exact) mass is 330 g/mol. The Balaban J connectivity index is 1.78. The minimum Gasteiger partial charge on any atom is -0.337 e. The largest absolute Gasteiger partial charge is 0.337 e. The number of nitrogens with one attached hydrogen (secondary N) is 1. The van der Waals surface area contributed by atoms with Gasteiger partial charge in [-0.1, -0.05) is 30.3 Å². The maximum absolute atomic E-state index is 12.8. The molecule has 2 aliphatic rings. The predicted octanol–water partition coefficient (Wildman–Crippen LogP) is 0.442. The van der Waals surface area contributed by atoms with Gasteiger partial charge in [-0.05, 0) is 19.5 Å². The lowest BCUT2D eigenvalue weighted by Gasteiger charge is -2.35. The molecule has 0 aliphatic carbocycles. The summed E-state index contributed by atoms with van der Waals surface area (Å²) in [4.78, 5) is 42.1. The summed E-state index contributed by atoms with van der Waals surface area (Å²) in [7, 11) is 1.71. The van der Waals surface area contributed by atoms with Crippen LogP contribution in [0.2, 0.25) is 0 Å². The van der Waals surface area contributed by atoms with Crippen LogP contribution in [0, 0.1) is 0 Å². The van der Waals surface area contributed by atoms with Gasteiger partial charge in [0.2, 0.25) is 5.91 Å². The van der Waals surface area contributed by atoms with E-state index in [1.54, 1.807) is 16.8 Å². The second-order valence-electron chi connectivity index (χ2n) is 6.16. The molecule has 7 heteroatoms. The van der Waals surface area contributed by atoms with Gasteiger partial charge in [0.15, 0.2) is 0 Å². The number of fused-ring (bicyclic) bond motifs is 1. The molecule has 0 unspecified atom stereocenters. The molecular formula is C17H22N4O3. The maximum Gasteiger partial charge on any atom is 0.328 e. The van der Waals surface area contributed by atoms with E-state index in [2.05, 4.69) is 5.32 Å². The van der Waals surface area contributed by atoms with Crippen molar-refractivity contribution in [2.45, 2.75) is 19.0 Å². The Hall–Kier alpha value is -2.41. The zero-order chi connectivity index (χ0) is 17.3. The van der Waals surface area contributed by atoms with Crippen LogP contribution < -0.4 is 5.32 Å². The van der Waals surface area contributed by atoms with Crippen molar-refractivity contribution in [2.24, 2.45) is 0 Å². The molecule has 2 fully saturated rings. The fraction of sp³-hybridized carbons (Fsp3) is 0.471. The molecule has 2 saturated heterocycles. The molecule has 24 heavy (non-hydrogen) atoms. The fourth-order valence-electron chi connectivity index (χ4n) is 3.34. The number of nitrogens with zero attached hydrogens (tertiary/aromatic N) is 3. The van der Waals surface area contributed by atoms with Crippen molar-refractivity contribution in [1.82, 2.24) is 20.0 Å². The van der Waals surface area contributed by atoms with Gasteiger partial charge in [-0.3, -0.25) is 14.5 Å². The van der Waals surface area contributed by atoms with E-state index in [1.807, 2.05) is 37.3 Å². The summed E-state index contributed by atoms with van der Waals surface area (Å²) in [6.07, 6.45) is 0. The Bertz CT molecular complexity index is 648. The average Bonchev–Trinajstić information content (AvgIpc) is 2.86. The van der Waals surface area contributed by atoms with Gasteiger partial charge in [-0.15, -0.1) is 0 Å². The number of hydrogen-bond donors (Lipinski definition) is 1. The first-order chi connectivity index (χ1) is 11.5. The highest BCUT2D eigenvalue weighted by molar-refractivity contribution is 6.05. The molecular weight excluding hydrogens is 308 g/mol. The molecule has 0 radical (unpaired) electrons. The third-order valence-corrected chi connectivity index (χ3v) is 4.70. The molecule has 1 aromatic rings. The van der Waals surface area contributed by atoms with Gasteiger partial charge in [0.1, 0.15) is 6.04 Å². The zero-order valence-corrected chi connectivity index (χ0v) is 13.9. The fourth-order valence-corrected chi connectivity index (χ4v) is 3.34. The first kappa shape index (κ1) is 16.4. The summed E-state index contributed by atoms with van der Waals surface area (Å²) in [6.45, 7) is 3.21. The van der Waals surface area contributed by atoms with Crippen molar-refractivity contribution in [1.29, 1.82) is 0 Å². The predicted molar refractivity (Wildman–Crippen MR) is 88.1 cm³/mol. The van der Waals surface area contributed by atoms with Crippen molar-refractivity contribution in [3.8, 4) is 0 Å². The molecule has 2 aliphatic heterocycles. The quantitative estimate of drug-likeness (QED) is 0.813. The average molecular weight is 330 g/mol. The van der Waals surface area contributed by atoms with Crippen LogP contribution in [0.25, 0.3) is 0 Å². The van der Waals surface area contributed by atoms with E-state index in [-0.39, 0.29) is 37.0 Å². The van der Waals surface area contributed by atoms with Crippen molar-refractivity contribution in [3.05, 3.63) is 35.9 Å². The van der Waals surface area contributed by atoms with Crippen molar-refractivity contribution >= 4 is 17.8 Å². The Morgan fingerprint density at radius 2 is 1.96 bits per heavy atom. The van der Waals surface area contributed by atoms with Gasteiger partial charge >= 0.3 is 6.03 Å². The minimum absolute atomic E-state index is 0.0491. The van der Waals surface area contributed by atoms with E-state index in [4.69, 9.17) is 0 Å². The first-order valence-electron chi connectivity index (χ1n) is 8.15. The van der Waals surface area contributed by atoms with Gasteiger partial charge in [0.05, 0.1) is 19.1 Å². The van der Waals surface area contributed by atoms with Gasteiger partial charge in [0.25, 0.3) is 5.91 Å². The molecule has 1 N–H and O–H groups in total. The van der Waals surface area contributed by atoms with Crippen molar-refractivity contribution in [3.63, 3.8) is 0 Å². The van der Waals surface area contributed by atoms with Crippen molar-refractivity contribution in [2.75, 3.05) is 33.2 Å². The Labute approximate surface area is 141 Å². The first-order valence-corrected chi connectivity index (χ1v) is 8.15. The van der Waals surface area contributed by atoms with Crippen LogP contribution in [-0.4, -0.2) is 71.8 Å². The smallest absolute Gasteiger partial charge is 0.328 e. The number of hydrogen-bond acceptors (Lipinski definition) is 4. The Kier molecular flexibility index (Phi) is 4.53. The molecule has 2 atom stereocenters. The zero-order valence-electron chi connectivity index (χ0n) is 13.9. The van der Waals surface area contributed by atoms with E-state index in [9.17, 15) is 14.4 Å². The number of benzene rings is 1. The van der Waals surface area contributed by atoms with Crippen molar-refractivity contribution < 1.29 is 14.4 Å². The van der Waals surface area contributed by atoms with Gasteiger partial charge < -0.3 is 15.1 Å². The molecule has 2 heterocycles. The van der Waals surface area contributed by atoms with Crippen LogP contribution in [0.4, 0.5) is 4.79 Å². The summed E-state index contributed by atoms with van der Waals surface area (Å²) in [6, 6.07) is 8.35. The minimum atomic E-state index is -0.571. The molecule has 128 valence electrons. The lowest BCUT2D eigenvalue weighted by atomic mass is 10.1. The van der Waals surface area contributed by atoms with Gasteiger partial charge in [-0.25, -0.2) is 4.79 Å². The number of urea groups is 1. The second kappa shape index (κ2) is 6.60. The number of carbonyl (C=O) groups excluding carboxylic acids is 3. The number of piperazine rings is 1. The summed E-state index contributed by atoms with van der Waals surface area (Å²) >= 11 is 0. The molecule has 7 nitrogen and oxygen atoms in total. The Morgan fingerprint density at radius 3 is 2.62 bits per heavy atom. The molecule has 0 aromatic heterocycles. The van der Waals surface area contributed by atoms with E-state index in [0.29, 0.717) is 13.1 Å². The summed E-state index contributed by atoms with van der Waals surface area (Å²) in [5, 5.41) is 2.83. The van der Waals surface area contributed by atoms with Gasteiger partial charge in [-0.2, -0.15) is 0 Å². The highest BCUT2D eigenvalue weighted by atomic mass is 16.2. The van der Waals surface area contributed by atoms with E-state index in [1.165, 1.54) is 4.90 Å². The second-order valence-corrected chi connectivity index (χ2v) is 6.16. The standard InChI is InChI=1S/C17H22N4O3/c1-12(13-6-4-3-5-7-13)21-16(23)14-11-19(15(22)10-18-2)8-9-20(14)17(21)24/h3-7,12,14,18H,8-11H2,1-2H3/t12-,14-/m1/s1. The number of amides is 4. The lowest BCUT2D eigenvalue weighted by Crippen LogP contribution is -2.55. The van der Waals surface area contributed by atoms with E-state index in [0.717, 1.165) is 5.56 Å². The number of imide groups is 1. The number of carbonyl (C=O) groups is 3. The molecule has 1 aromatic carbocycles. The van der Waals surface area contributed by atoms with Crippen LogP contribution in [0.1, 0.15) is 18.5 Å². The third-order valence-electron chi connectivity index (χ3n) is 4.70. The van der Waals surface area contributed by atoms with Crippen LogP contribution in [0.15, 0.2) is 30.3 Å². The summed E-state index contributed by atoms with van der Waals surface area (Å²) in [5.74, 6) is -0.273. The van der Waals surface area contributed by atoms with Crippen LogP contribution >= 0.6 is 0 Å². The molecule has 0 saturated carbocycles. The topological polar surface area (TPSA) is 73.0 Å². The molecule has 3 rings (SSSR count). The maximum atomic E-state index is 12.8. The normalized spacial score (nSPS) is 21.9. The Morgan fingerprint density at radius 1 is 1.25 bits per heavy atom. The lowest BCUT2D eigenvalue weighted by molar-refractivity contribution is -0.136. The van der Waals surface area contributed by atoms with Crippen LogP contribution in [-0.2, 0) is 9.59 Å². The summed E-state index contributed by atoms with van der Waals surface area (Å²) < 4.78 is 0. The molecule has 0 bridgehead atoms. The summed E-state index contributed by atoms with van der Waals surface area (Å²) in [5.41, 5.74) is 0.919. The third kappa shape index (κ3) is 2.75. The van der Waals surface area contributed by atoms with Crippen LogP contribution in [0.5, 0.6) is 0 Å². The number of likely N-dealkylation sites (N-methyl/N-ethyl adjacent to an activating group) is 1. The molecule has 0 spiro atoms. The van der Waals surface area contributed by atoms with Crippen LogP contribution in [0.3, 0.4) is 0 Å².